The summed E-state index contributed by atoms with van der Waals surface area (Å²) < 4.78 is 0. The van der Waals surface area contributed by atoms with Gasteiger partial charge in [-0.1, -0.05) is 58.9 Å². The highest BCUT2D eigenvalue weighted by Crippen LogP contribution is 2.23. The summed E-state index contributed by atoms with van der Waals surface area (Å²) in [6, 6.07) is 8.86. The summed E-state index contributed by atoms with van der Waals surface area (Å²) in [6.07, 6.45) is 0. The standard InChI is InChI=1S/C13H19/c1-10(2)11-6-8-12(9-7-11)13(3,4)5/h6-9H,1-5H3. The van der Waals surface area contributed by atoms with Gasteiger partial charge < -0.3 is 0 Å². The van der Waals surface area contributed by atoms with Gasteiger partial charge in [0.2, 0.25) is 0 Å². The van der Waals surface area contributed by atoms with Crippen molar-refractivity contribution < 1.29 is 0 Å². The highest BCUT2D eigenvalue weighted by Gasteiger charge is 2.12. The molecule has 0 aliphatic carbocycles. The van der Waals surface area contributed by atoms with Crippen LogP contribution in [0.3, 0.4) is 0 Å². The first kappa shape index (κ1) is 10.3. The van der Waals surface area contributed by atoms with Crippen LogP contribution < -0.4 is 0 Å². The lowest BCUT2D eigenvalue weighted by molar-refractivity contribution is 0.590. The highest BCUT2D eigenvalue weighted by molar-refractivity contribution is 5.33. The summed E-state index contributed by atoms with van der Waals surface area (Å²) in [4.78, 5) is 0. The van der Waals surface area contributed by atoms with Gasteiger partial charge in [-0.15, -0.1) is 0 Å². The molecule has 0 spiro atoms. The monoisotopic (exact) mass is 175 g/mol. The molecule has 0 saturated carbocycles. The van der Waals surface area contributed by atoms with E-state index in [9.17, 15) is 0 Å². The van der Waals surface area contributed by atoms with Crippen molar-refractivity contribution in [1.29, 1.82) is 0 Å². The van der Waals surface area contributed by atoms with Gasteiger partial charge in [0.15, 0.2) is 0 Å². The van der Waals surface area contributed by atoms with Gasteiger partial charge in [0, 0.05) is 0 Å². The minimum atomic E-state index is 0.264. The third-order valence-electron chi connectivity index (χ3n) is 2.33. The predicted molar refractivity (Wildman–Crippen MR) is 58.8 cm³/mol. The zero-order valence-electron chi connectivity index (χ0n) is 9.31. The largest absolute Gasteiger partial charge is 0.0582 e. The van der Waals surface area contributed by atoms with Crippen molar-refractivity contribution in [3.63, 3.8) is 0 Å². The molecule has 0 aliphatic rings. The Bertz CT molecular complexity index is 259. The lowest BCUT2D eigenvalue weighted by atomic mass is 9.86. The molecular weight excluding hydrogens is 156 g/mol. The molecule has 1 aromatic rings. The predicted octanol–water partition coefficient (Wildman–Crippen LogP) is 3.95. The molecule has 0 aliphatic heterocycles. The van der Waals surface area contributed by atoms with Crippen LogP contribution in [-0.4, -0.2) is 0 Å². The summed E-state index contributed by atoms with van der Waals surface area (Å²) in [5.74, 6) is 1.38. The Balaban J connectivity index is 2.94. The topological polar surface area (TPSA) is 0 Å². The minimum Gasteiger partial charge on any atom is -0.0582 e. The fourth-order valence-corrected chi connectivity index (χ4v) is 1.30. The third kappa shape index (κ3) is 2.58. The molecule has 0 amide bonds. The van der Waals surface area contributed by atoms with Crippen LogP contribution in [0.5, 0.6) is 0 Å². The Morgan fingerprint density at radius 2 is 1.38 bits per heavy atom. The molecule has 0 unspecified atom stereocenters. The van der Waals surface area contributed by atoms with E-state index >= 15 is 0 Å². The number of hydrogen-bond donors (Lipinski definition) is 0. The van der Waals surface area contributed by atoms with E-state index in [-0.39, 0.29) is 5.41 Å². The fraction of sp³-hybridized carbons (Fsp3) is 0.462. The molecule has 0 saturated heterocycles. The summed E-state index contributed by atoms with van der Waals surface area (Å²) in [5, 5.41) is 0. The van der Waals surface area contributed by atoms with E-state index in [0.29, 0.717) is 0 Å². The molecule has 1 radical (unpaired) electrons. The van der Waals surface area contributed by atoms with E-state index in [1.54, 1.807) is 0 Å². The Kier molecular flexibility index (Phi) is 2.80. The second-order valence-electron chi connectivity index (χ2n) is 4.83. The second-order valence-corrected chi connectivity index (χ2v) is 4.83. The molecule has 1 aromatic carbocycles. The quantitative estimate of drug-likeness (QED) is 0.606. The van der Waals surface area contributed by atoms with Crippen molar-refractivity contribution in [3.05, 3.63) is 41.3 Å². The normalized spacial score (nSPS) is 12.2. The van der Waals surface area contributed by atoms with Gasteiger partial charge in [-0.05, 0) is 22.5 Å². The first-order valence-corrected chi connectivity index (χ1v) is 4.82. The van der Waals surface area contributed by atoms with Crippen molar-refractivity contribution in [2.24, 2.45) is 0 Å². The molecular formula is C13H19. The maximum atomic E-state index is 2.24. The zero-order valence-corrected chi connectivity index (χ0v) is 9.31. The average molecular weight is 175 g/mol. The summed E-state index contributed by atoms with van der Waals surface area (Å²) in [5.41, 5.74) is 3.01. The van der Waals surface area contributed by atoms with Crippen LogP contribution in [0.15, 0.2) is 24.3 Å². The molecule has 0 heteroatoms. The highest BCUT2D eigenvalue weighted by atomic mass is 14.2. The minimum absolute atomic E-state index is 0.264. The lowest BCUT2D eigenvalue weighted by Crippen LogP contribution is -2.10. The van der Waals surface area contributed by atoms with E-state index in [2.05, 4.69) is 58.9 Å². The Morgan fingerprint density at radius 3 is 1.69 bits per heavy atom. The van der Waals surface area contributed by atoms with Gasteiger partial charge in [-0.2, -0.15) is 0 Å². The van der Waals surface area contributed by atoms with Gasteiger partial charge in [-0.3, -0.25) is 0 Å². The Hall–Kier alpha value is -0.780. The van der Waals surface area contributed by atoms with Crippen molar-refractivity contribution in [1.82, 2.24) is 0 Å². The molecule has 1 rings (SSSR count). The SMILES string of the molecule is C[C](C)c1ccc(C(C)(C)C)cc1. The third-order valence-corrected chi connectivity index (χ3v) is 2.33. The number of rotatable bonds is 1. The lowest BCUT2D eigenvalue weighted by Gasteiger charge is -2.19. The Labute approximate surface area is 82.0 Å². The van der Waals surface area contributed by atoms with Crippen molar-refractivity contribution in [2.45, 2.75) is 40.0 Å². The molecule has 0 aromatic heterocycles. The van der Waals surface area contributed by atoms with Crippen LogP contribution in [0.25, 0.3) is 0 Å². The molecule has 13 heavy (non-hydrogen) atoms. The van der Waals surface area contributed by atoms with Gasteiger partial charge in [0.25, 0.3) is 0 Å². The maximum absolute atomic E-state index is 2.24. The van der Waals surface area contributed by atoms with E-state index in [0.717, 1.165) is 0 Å². The van der Waals surface area contributed by atoms with Crippen LogP contribution in [0.4, 0.5) is 0 Å². The van der Waals surface area contributed by atoms with Gasteiger partial charge >= 0.3 is 0 Å². The smallest absolute Gasteiger partial charge is 0.00120 e. The van der Waals surface area contributed by atoms with Gasteiger partial charge in [0.05, 0.1) is 0 Å². The summed E-state index contributed by atoms with van der Waals surface area (Å²) in [7, 11) is 0. The zero-order chi connectivity index (χ0) is 10.1. The van der Waals surface area contributed by atoms with Crippen LogP contribution in [0.1, 0.15) is 45.7 Å². The van der Waals surface area contributed by atoms with Crippen LogP contribution in [0.2, 0.25) is 0 Å². The molecule has 71 valence electrons. The summed E-state index contributed by atoms with van der Waals surface area (Å²) in [6.45, 7) is 11.0. The second kappa shape index (κ2) is 3.53. The van der Waals surface area contributed by atoms with E-state index in [4.69, 9.17) is 0 Å². The van der Waals surface area contributed by atoms with Crippen molar-refractivity contribution in [3.8, 4) is 0 Å². The Morgan fingerprint density at radius 1 is 0.923 bits per heavy atom. The van der Waals surface area contributed by atoms with Crippen LogP contribution in [-0.2, 0) is 5.41 Å². The van der Waals surface area contributed by atoms with Crippen molar-refractivity contribution >= 4 is 0 Å². The van der Waals surface area contributed by atoms with E-state index < -0.39 is 0 Å². The molecule has 0 fully saturated rings. The number of benzene rings is 1. The molecule has 0 nitrogen and oxygen atoms in total. The number of hydrogen-bond acceptors (Lipinski definition) is 0. The van der Waals surface area contributed by atoms with Gasteiger partial charge in [-0.25, -0.2) is 0 Å². The first-order chi connectivity index (χ1) is 5.91. The summed E-state index contributed by atoms with van der Waals surface area (Å²) >= 11 is 0. The maximum Gasteiger partial charge on any atom is -0.00120 e. The van der Waals surface area contributed by atoms with E-state index in [1.165, 1.54) is 17.0 Å². The van der Waals surface area contributed by atoms with Crippen LogP contribution in [0, 0.1) is 5.92 Å². The van der Waals surface area contributed by atoms with E-state index in [1.807, 2.05) is 0 Å². The van der Waals surface area contributed by atoms with Crippen molar-refractivity contribution in [2.75, 3.05) is 0 Å². The fourth-order valence-electron chi connectivity index (χ4n) is 1.30. The van der Waals surface area contributed by atoms with Crippen LogP contribution >= 0.6 is 0 Å². The molecule has 0 heterocycles. The van der Waals surface area contributed by atoms with Gasteiger partial charge in [0.1, 0.15) is 0 Å². The average Bonchev–Trinajstić information content (AvgIpc) is 2.03. The molecule has 0 atom stereocenters. The molecule has 0 bridgehead atoms. The molecule has 0 N–H and O–H groups in total. The first-order valence-electron chi connectivity index (χ1n) is 4.82.